The summed E-state index contributed by atoms with van der Waals surface area (Å²) in [6, 6.07) is 5.02. The summed E-state index contributed by atoms with van der Waals surface area (Å²) >= 11 is 5.69. The summed E-state index contributed by atoms with van der Waals surface area (Å²) < 4.78 is 5.13. The van der Waals surface area contributed by atoms with Gasteiger partial charge < -0.3 is 4.74 Å². The van der Waals surface area contributed by atoms with E-state index >= 15 is 0 Å². The van der Waals surface area contributed by atoms with Crippen molar-refractivity contribution in [2.75, 3.05) is 26.3 Å². The van der Waals surface area contributed by atoms with Gasteiger partial charge in [-0.25, -0.2) is 5.01 Å². The third-order valence-electron chi connectivity index (χ3n) is 3.35. The zero-order valence-electron chi connectivity index (χ0n) is 12.4. The maximum atomic E-state index is 12.4. The van der Waals surface area contributed by atoms with Crippen molar-refractivity contribution in [2.24, 2.45) is 5.92 Å². The van der Waals surface area contributed by atoms with Crippen LogP contribution in [-0.4, -0.2) is 47.9 Å². The number of amides is 1. The van der Waals surface area contributed by atoms with Crippen molar-refractivity contribution in [1.29, 1.82) is 5.26 Å². The van der Waals surface area contributed by atoms with Gasteiger partial charge >= 0.3 is 0 Å². The van der Waals surface area contributed by atoms with Crippen LogP contribution in [0.4, 0.5) is 5.69 Å². The monoisotopic (exact) mass is 352 g/mol. The largest absolute Gasteiger partial charge is 0.379 e. The maximum absolute atomic E-state index is 12.4. The summed E-state index contributed by atoms with van der Waals surface area (Å²) in [7, 11) is 0. The van der Waals surface area contributed by atoms with E-state index in [0.29, 0.717) is 26.3 Å². The maximum Gasteiger partial charge on any atom is 0.281 e. The number of hydrogen-bond donors (Lipinski definition) is 1. The molecule has 1 unspecified atom stereocenters. The molecular formula is C14H13ClN4O5. The van der Waals surface area contributed by atoms with E-state index in [1.54, 1.807) is 6.07 Å². The van der Waals surface area contributed by atoms with Gasteiger partial charge in [-0.2, -0.15) is 5.26 Å². The van der Waals surface area contributed by atoms with Gasteiger partial charge in [-0.1, -0.05) is 11.6 Å². The molecule has 10 heteroatoms. The molecule has 1 atom stereocenters. The summed E-state index contributed by atoms with van der Waals surface area (Å²) in [5.74, 6) is -3.49. The van der Waals surface area contributed by atoms with Crippen molar-refractivity contribution in [3.63, 3.8) is 0 Å². The number of halogens is 1. The SMILES string of the molecule is N#CC(C(=O)NN1CCOCC1)C(=O)c1ccc(Cl)cc1[N+](=O)[O-]. The van der Waals surface area contributed by atoms with Gasteiger partial charge in [-0.3, -0.25) is 25.1 Å². The van der Waals surface area contributed by atoms with Crippen LogP contribution < -0.4 is 5.43 Å². The second-order valence-corrected chi connectivity index (χ2v) is 5.36. The van der Waals surface area contributed by atoms with Gasteiger partial charge in [-0.05, 0) is 12.1 Å². The summed E-state index contributed by atoms with van der Waals surface area (Å²) in [4.78, 5) is 34.9. The Balaban J connectivity index is 2.21. The highest BCUT2D eigenvalue weighted by atomic mass is 35.5. The van der Waals surface area contributed by atoms with Crippen molar-refractivity contribution in [3.8, 4) is 6.07 Å². The Labute approximate surface area is 141 Å². The van der Waals surface area contributed by atoms with Gasteiger partial charge in [-0.15, -0.1) is 0 Å². The molecule has 0 spiro atoms. The fourth-order valence-electron chi connectivity index (χ4n) is 2.15. The van der Waals surface area contributed by atoms with Gasteiger partial charge in [0.25, 0.3) is 11.6 Å². The second kappa shape index (κ2) is 7.83. The van der Waals surface area contributed by atoms with E-state index in [0.717, 1.165) is 12.1 Å². The number of nitriles is 1. The Morgan fingerprint density at radius 3 is 2.67 bits per heavy atom. The quantitative estimate of drug-likeness (QED) is 0.361. The van der Waals surface area contributed by atoms with Crippen LogP contribution in [0.5, 0.6) is 0 Å². The van der Waals surface area contributed by atoms with Gasteiger partial charge in [0.05, 0.1) is 29.8 Å². The molecular weight excluding hydrogens is 340 g/mol. The molecule has 0 saturated carbocycles. The van der Waals surface area contributed by atoms with E-state index < -0.39 is 28.2 Å². The predicted octanol–water partition coefficient (Wildman–Crippen LogP) is 0.934. The lowest BCUT2D eigenvalue weighted by Gasteiger charge is -2.27. The van der Waals surface area contributed by atoms with Crippen LogP contribution in [0.3, 0.4) is 0 Å². The third-order valence-corrected chi connectivity index (χ3v) is 3.59. The van der Waals surface area contributed by atoms with Crippen molar-refractivity contribution in [3.05, 3.63) is 38.9 Å². The minimum absolute atomic E-state index is 0.0736. The van der Waals surface area contributed by atoms with E-state index in [1.807, 2.05) is 0 Å². The Morgan fingerprint density at radius 2 is 2.08 bits per heavy atom. The molecule has 1 N–H and O–H groups in total. The average Bonchev–Trinajstić information content (AvgIpc) is 2.56. The highest BCUT2D eigenvalue weighted by Gasteiger charge is 2.33. The van der Waals surface area contributed by atoms with E-state index in [9.17, 15) is 25.0 Å². The van der Waals surface area contributed by atoms with Crippen molar-refractivity contribution >= 4 is 29.0 Å². The minimum Gasteiger partial charge on any atom is -0.379 e. The Bertz CT molecular complexity index is 712. The number of Topliss-reactive ketones (excluding diaryl/α,β-unsaturated/α-hetero) is 1. The number of hydrogen-bond acceptors (Lipinski definition) is 7. The van der Waals surface area contributed by atoms with Gasteiger partial charge in [0.15, 0.2) is 11.7 Å². The molecule has 0 aliphatic carbocycles. The van der Waals surface area contributed by atoms with Crippen LogP contribution in [0.2, 0.25) is 5.02 Å². The first-order chi connectivity index (χ1) is 11.4. The standard InChI is InChI=1S/C14H13ClN4O5/c15-9-1-2-10(12(7-9)19(22)23)13(20)11(8-16)14(21)17-18-3-5-24-6-4-18/h1-2,7,11H,3-6H2,(H,17,21). The molecule has 1 fully saturated rings. The molecule has 24 heavy (non-hydrogen) atoms. The predicted molar refractivity (Wildman–Crippen MR) is 82.1 cm³/mol. The number of rotatable bonds is 5. The molecule has 0 bridgehead atoms. The number of ether oxygens (including phenoxy) is 1. The van der Waals surface area contributed by atoms with Crippen LogP contribution in [-0.2, 0) is 9.53 Å². The third kappa shape index (κ3) is 4.05. The van der Waals surface area contributed by atoms with Crippen LogP contribution in [0.25, 0.3) is 0 Å². The zero-order valence-corrected chi connectivity index (χ0v) is 13.2. The first kappa shape index (κ1) is 17.8. The lowest BCUT2D eigenvalue weighted by atomic mass is 9.97. The Hall–Kier alpha value is -2.54. The minimum atomic E-state index is -1.70. The molecule has 1 aliphatic rings. The first-order valence-corrected chi connectivity index (χ1v) is 7.33. The molecule has 1 heterocycles. The first-order valence-electron chi connectivity index (χ1n) is 6.95. The molecule has 9 nitrogen and oxygen atoms in total. The number of nitro benzene ring substituents is 1. The van der Waals surface area contributed by atoms with Crippen molar-refractivity contribution < 1.29 is 19.2 Å². The number of carbonyl (C=O) groups excluding carboxylic acids is 2. The number of morpholine rings is 1. The molecule has 1 aliphatic heterocycles. The molecule has 0 aromatic heterocycles. The van der Waals surface area contributed by atoms with E-state index in [4.69, 9.17) is 16.3 Å². The Morgan fingerprint density at radius 1 is 1.42 bits per heavy atom. The Kier molecular flexibility index (Phi) is 5.81. The number of carbonyl (C=O) groups is 2. The number of benzene rings is 1. The smallest absolute Gasteiger partial charge is 0.281 e. The van der Waals surface area contributed by atoms with Gasteiger partial charge in [0, 0.05) is 24.2 Å². The molecule has 1 saturated heterocycles. The van der Waals surface area contributed by atoms with E-state index in [1.165, 1.54) is 11.1 Å². The number of ketones is 1. The molecule has 1 amide bonds. The normalized spacial score (nSPS) is 16.0. The van der Waals surface area contributed by atoms with Crippen LogP contribution >= 0.6 is 11.6 Å². The summed E-state index contributed by atoms with van der Waals surface area (Å²) in [5, 5.41) is 21.8. The van der Waals surface area contributed by atoms with E-state index in [2.05, 4.69) is 5.43 Å². The lowest BCUT2D eigenvalue weighted by molar-refractivity contribution is -0.385. The highest BCUT2D eigenvalue weighted by Crippen LogP contribution is 2.25. The van der Waals surface area contributed by atoms with Crippen LogP contribution in [0.15, 0.2) is 18.2 Å². The van der Waals surface area contributed by atoms with Crippen molar-refractivity contribution in [1.82, 2.24) is 10.4 Å². The van der Waals surface area contributed by atoms with Gasteiger partial charge in [0.1, 0.15) is 0 Å². The molecule has 1 aromatic carbocycles. The molecule has 2 rings (SSSR count). The highest BCUT2D eigenvalue weighted by molar-refractivity contribution is 6.31. The van der Waals surface area contributed by atoms with Crippen LogP contribution in [0, 0.1) is 27.4 Å². The molecule has 1 aromatic rings. The fourth-order valence-corrected chi connectivity index (χ4v) is 2.32. The fraction of sp³-hybridized carbons (Fsp3) is 0.357. The zero-order chi connectivity index (χ0) is 17.7. The lowest BCUT2D eigenvalue weighted by Crippen LogP contribution is -2.51. The topological polar surface area (TPSA) is 126 Å². The average molecular weight is 353 g/mol. The summed E-state index contributed by atoms with van der Waals surface area (Å²) in [6.07, 6.45) is 0. The second-order valence-electron chi connectivity index (χ2n) is 4.92. The van der Waals surface area contributed by atoms with Gasteiger partial charge in [0.2, 0.25) is 0 Å². The number of nitro groups is 1. The number of hydrazine groups is 1. The number of nitrogens with zero attached hydrogens (tertiary/aromatic N) is 3. The summed E-state index contributed by atoms with van der Waals surface area (Å²) in [5.41, 5.74) is 1.57. The number of nitrogens with one attached hydrogen (secondary N) is 1. The molecule has 0 radical (unpaired) electrons. The molecule has 126 valence electrons. The summed E-state index contributed by atoms with van der Waals surface area (Å²) in [6.45, 7) is 1.65. The van der Waals surface area contributed by atoms with Crippen molar-refractivity contribution in [2.45, 2.75) is 0 Å². The van der Waals surface area contributed by atoms with Crippen LogP contribution in [0.1, 0.15) is 10.4 Å². The van der Waals surface area contributed by atoms with E-state index in [-0.39, 0.29) is 10.6 Å².